The summed E-state index contributed by atoms with van der Waals surface area (Å²) in [6.45, 7) is 1.83. The summed E-state index contributed by atoms with van der Waals surface area (Å²) in [5.41, 5.74) is 3.11. The fourth-order valence-corrected chi connectivity index (χ4v) is 4.05. The van der Waals surface area contributed by atoms with Gasteiger partial charge in [0, 0.05) is 6.04 Å². The fourth-order valence-electron chi connectivity index (χ4n) is 3.05. The second kappa shape index (κ2) is 9.68. The second-order valence-electron chi connectivity index (χ2n) is 7.10. The molecule has 0 unspecified atom stereocenters. The standard InChI is InChI=1S/C20H24N4O5S/c1-14-6-10-18(11-7-14)30(27,28)22-13-17-9-8-16(29-17)12-21-24-20(26)19(25)23-15-4-2-3-5-15/h6-12,15,22H,2-5,13H2,1H3,(H,23,25)(H,24,26)/b21-12+. The third kappa shape index (κ3) is 6.01. The highest BCUT2D eigenvalue weighted by Crippen LogP contribution is 2.17. The van der Waals surface area contributed by atoms with Crippen LogP contribution in [-0.2, 0) is 26.2 Å². The maximum absolute atomic E-state index is 12.3. The van der Waals surface area contributed by atoms with Gasteiger partial charge < -0.3 is 9.73 Å². The minimum atomic E-state index is -3.66. The van der Waals surface area contributed by atoms with Gasteiger partial charge in [-0.25, -0.2) is 18.6 Å². The maximum Gasteiger partial charge on any atom is 0.329 e. The van der Waals surface area contributed by atoms with E-state index in [1.165, 1.54) is 18.3 Å². The monoisotopic (exact) mass is 432 g/mol. The van der Waals surface area contributed by atoms with E-state index in [0.29, 0.717) is 11.5 Å². The molecule has 1 aliphatic rings. The zero-order chi connectivity index (χ0) is 21.6. The van der Waals surface area contributed by atoms with Crippen LogP contribution in [-0.4, -0.2) is 32.5 Å². The van der Waals surface area contributed by atoms with Crippen molar-refractivity contribution in [1.82, 2.24) is 15.5 Å². The van der Waals surface area contributed by atoms with Crippen molar-refractivity contribution in [3.8, 4) is 0 Å². The molecule has 2 amide bonds. The molecule has 1 saturated carbocycles. The van der Waals surface area contributed by atoms with E-state index < -0.39 is 21.8 Å². The Morgan fingerprint density at radius 2 is 1.80 bits per heavy atom. The molecule has 30 heavy (non-hydrogen) atoms. The topological polar surface area (TPSA) is 130 Å². The van der Waals surface area contributed by atoms with Crippen molar-refractivity contribution in [3.63, 3.8) is 0 Å². The summed E-state index contributed by atoms with van der Waals surface area (Å²) in [7, 11) is -3.66. The van der Waals surface area contributed by atoms with Crippen LogP contribution in [0.5, 0.6) is 0 Å². The van der Waals surface area contributed by atoms with Gasteiger partial charge in [0.15, 0.2) is 0 Å². The van der Waals surface area contributed by atoms with Crippen LogP contribution >= 0.6 is 0 Å². The van der Waals surface area contributed by atoms with Gasteiger partial charge in [-0.15, -0.1) is 0 Å². The fraction of sp³-hybridized carbons (Fsp3) is 0.350. The van der Waals surface area contributed by atoms with Gasteiger partial charge in [-0.3, -0.25) is 9.59 Å². The molecule has 0 saturated heterocycles. The first-order chi connectivity index (χ1) is 14.3. The molecule has 0 bridgehead atoms. The van der Waals surface area contributed by atoms with Gasteiger partial charge in [-0.1, -0.05) is 30.5 Å². The SMILES string of the molecule is Cc1ccc(S(=O)(=O)NCc2ccc(/C=N/NC(=O)C(=O)NC3CCCC3)o2)cc1. The van der Waals surface area contributed by atoms with Crippen LogP contribution in [0.4, 0.5) is 0 Å². The summed E-state index contributed by atoms with van der Waals surface area (Å²) in [5.74, 6) is -0.894. The number of furan rings is 1. The predicted octanol–water partition coefficient (Wildman–Crippen LogP) is 1.58. The Morgan fingerprint density at radius 3 is 2.50 bits per heavy atom. The largest absolute Gasteiger partial charge is 0.459 e. The number of nitrogens with zero attached hydrogens (tertiary/aromatic N) is 1. The second-order valence-corrected chi connectivity index (χ2v) is 8.86. The summed E-state index contributed by atoms with van der Waals surface area (Å²) in [4.78, 5) is 23.7. The summed E-state index contributed by atoms with van der Waals surface area (Å²) in [5, 5.41) is 6.36. The number of nitrogens with one attached hydrogen (secondary N) is 3. The lowest BCUT2D eigenvalue weighted by Crippen LogP contribution is -2.42. The number of hydrogen-bond acceptors (Lipinski definition) is 6. The van der Waals surface area contributed by atoms with Crippen molar-refractivity contribution < 1.29 is 22.4 Å². The number of amides is 2. The lowest BCUT2D eigenvalue weighted by Gasteiger charge is -2.09. The number of hydrazone groups is 1. The third-order valence-corrected chi connectivity index (χ3v) is 6.12. The van der Waals surface area contributed by atoms with Gasteiger partial charge >= 0.3 is 11.8 Å². The molecule has 3 N–H and O–H groups in total. The van der Waals surface area contributed by atoms with Crippen LogP contribution in [0.25, 0.3) is 0 Å². The van der Waals surface area contributed by atoms with Gasteiger partial charge in [0.1, 0.15) is 11.5 Å². The number of carbonyl (C=O) groups is 2. The van der Waals surface area contributed by atoms with E-state index in [1.54, 1.807) is 24.3 Å². The Labute approximate surface area is 175 Å². The quantitative estimate of drug-likeness (QED) is 0.347. The van der Waals surface area contributed by atoms with Gasteiger partial charge in [-0.2, -0.15) is 5.10 Å². The molecule has 0 aliphatic heterocycles. The highest BCUT2D eigenvalue weighted by Gasteiger charge is 2.21. The van der Waals surface area contributed by atoms with Crippen molar-refractivity contribution in [2.24, 2.45) is 5.10 Å². The molecule has 1 aromatic carbocycles. The van der Waals surface area contributed by atoms with Crippen molar-refractivity contribution in [1.29, 1.82) is 0 Å². The highest BCUT2D eigenvalue weighted by molar-refractivity contribution is 7.89. The Morgan fingerprint density at radius 1 is 1.10 bits per heavy atom. The van der Waals surface area contributed by atoms with Gasteiger partial charge in [0.05, 0.1) is 17.7 Å². The van der Waals surface area contributed by atoms with Crippen LogP contribution in [0, 0.1) is 6.92 Å². The molecule has 0 spiro atoms. The van der Waals surface area contributed by atoms with E-state index >= 15 is 0 Å². The molecule has 1 fully saturated rings. The first kappa shape index (κ1) is 21.7. The number of hydrogen-bond donors (Lipinski definition) is 3. The molecule has 3 rings (SSSR count). The molecule has 9 nitrogen and oxygen atoms in total. The maximum atomic E-state index is 12.3. The molecular formula is C20H24N4O5S. The smallest absolute Gasteiger partial charge is 0.329 e. The van der Waals surface area contributed by atoms with Crippen LogP contribution < -0.4 is 15.5 Å². The number of aryl methyl sites for hydroxylation is 1. The molecule has 10 heteroatoms. The third-order valence-electron chi connectivity index (χ3n) is 4.70. The van der Waals surface area contributed by atoms with Crippen molar-refractivity contribution in [2.75, 3.05) is 0 Å². The molecule has 1 aromatic heterocycles. The lowest BCUT2D eigenvalue weighted by molar-refractivity contribution is -0.139. The van der Waals surface area contributed by atoms with E-state index in [1.807, 2.05) is 6.92 Å². The predicted molar refractivity (Wildman–Crippen MR) is 110 cm³/mol. The summed E-state index contributed by atoms with van der Waals surface area (Å²) in [6, 6.07) is 9.71. The zero-order valence-electron chi connectivity index (χ0n) is 16.6. The highest BCUT2D eigenvalue weighted by atomic mass is 32.2. The molecule has 0 atom stereocenters. The van der Waals surface area contributed by atoms with E-state index in [4.69, 9.17) is 4.42 Å². The molecule has 1 heterocycles. The summed E-state index contributed by atoms with van der Waals surface area (Å²) in [6.07, 6.45) is 5.09. The number of carbonyl (C=O) groups excluding carboxylic acids is 2. The van der Waals surface area contributed by atoms with Crippen molar-refractivity contribution >= 4 is 28.1 Å². The van der Waals surface area contributed by atoms with Crippen LogP contribution in [0.2, 0.25) is 0 Å². The van der Waals surface area contributed by atoms with Gasteiger partial charge in [0.25, 0.3) is 0 Å². The normalized spacial score (nSPS) is 14.8. The van der Waals surface area contributed by atoms with Crippen LogP contribution in [0.3, 0.4) is 0 Å². The molecule has 2 aromatic rings. The molecule has 1 aliphatic carbocycles. The zero-order valence-corrected chi connectivity index (χ0v) is 17.4. The number of sulfonamides is 1. The lowest BCUT2D eigenvalue weighted by atomic mass is 10.2. The Balaban J connectivity index is 1.47. The van der Waals surface area contributed by atoms with Gasteiger partial charge in [-0.05, 0) is 44.0 Å². The summed E-state index contributed by atoms with van der Waals surface area (Å²) < 4.78 is 32.5. The number of benzene rings is 1. The van der Waals surface area contributed by atoms with Crippen molar-refractivity contribution in [2.45, 2.75) is 50.1 Å². The minimum absolute atomic E-state index is 0.0415. The average Bonchev–Trinajstić information content (AvgIpc) is 3.39. The minimum Gasteiger partial charge on any atom is -0.459 e. The molecule has 160 valence electrons. The van der Waals surface area contributed by atoms with E-state index in [0.717, 1.165) is 31.2 Å². The van der Waals surface area contributed by atoms with Crippen LogP contribution in [0.1, 0.15) is 42.8 Å². The van der Waals surface area contributed by atoms with E-state index in [2.05, 4.69) is 20.6 Å². The van der Waals surface area contributed by atoms with E-state index in [-0.39, 0.29) is 17.5 Å². The first-order valence-electron chi connectivity index (χ1n) is 9.62. The Hall–Kier alpha value is -2.98. The molecule has 0 radical (unpaired) electrons. The van der Waals surface area contributed by atoms with Crippen LogP contribution in [0.15, 0.2) is 50.8 Å². The van der Waals surface area contributed by atoms with Crippen molar-refractivity contribution in [3.05, 3.63) is 53.5 Å². The first-order valence-corrected chi connectivity index (χ1v) is 11.1. The van der Waals surface area contributed by atoms with Gasteiger partial charge in [0.2, 0.25) is 10.0 Å². The molecular weight excluding hydrogens is 408 g/mol. The Kier molecular flexibility index (Phi) is 7.01. The van der Waals surface area contributed by atoms with E-state index in [9.17, 15) is 18.0 Å². The Bertz CT molecular complexity index is 1020. The average molecular weight is 433 g/mol. The summed E-state index contributed by atoms with van der Waals surface area (Å²) >= 11 is 0. The number of rotatable bonds is 7.